The Hall–Kier alpha value is -0.770. The largest absolute Gasteiger partial charge is 0.367 e. The number of hydrogen-bond donors (Lipinski definition) is 1. The lowest BCUT2D eigenvalue weighted by molar-refractivity contribution is 0.618. The molecule has 0 aliphatic carbocycles. The van der Waals surface area contributed by atoms with Gasteiger partial charge in [-0.1, -0.05) is 6.92 Å². The summed E-state index contributed by atoms with van der Waals surface area (Å²) < 4.78 is 13.1. The van der Waals surface area contributed by atoms with Gasteiger partial charge in [0.25, 0.3) is 0 Å². The van der Waals surface area contributed by atoms with E-state index in [1.165, 1.54) is 6.07 Å². The minimum atomic E-state index is -0.288. The molecule has 4 heteroatoms. The van der Waals surface area contributed by atoms with Crippen LogP contribution in [0, 0.1) is 11.7 Å². The highest BCUT2D eigenvalue weighted by atomic mass is 32.2. The summed E-state index contributed by atoms with van der Waals surface area (Å²) in [6, 6.07) is 3.00. The molecule has 14 heavy (non-hydrogen) atoms. The van der Waals surface area contributed by atoms with Crippen molar-refractivity contribution in [3.05, 3.63) is 24.1 Å². The number of halogens is 1. The Morgan fingerprint density at radius 1 is 1.64 bits per heavy atom. The van der Waals surface area contributed by atoms with Gasteiger partial charge >= 0.3 is 0 Å². The number of thioether (sulfide) groups is 1. The van der Waals surface area contributed by atoms with Gasteiger partial charge in [-0.05, 0) is 30.1 Å². The fraction of sp³-hybridized carbons (Fsp3) is 0.500. The molecule has 1 rings (SSSR count). The zero-order chi connectivity index (χ0) is 10.4. The van der Waals surface area contributed by atoms with Crippen LogP contribution in [0.1, 0.15) is 6.92 Å². The van der Waals surface area contributed by atoms with Crippen molar-refractivity contribution in [3.8, 4) is 0 Å². The third-order valence-corrected chi connectivity index (χ3v) is 2.73. The minimum Gasteiger partial charge on any atom is -0.367 e. The maximum absolute atomic E-state index is 13.1. The van der Waals surface area contributed by atoms with Crippen molar-refractivity contribution in [2.45, 2.75) is 6.92 Å². The van der Waals surface area contributed by atoms with E-state index >= 15 is 0 Å². The van der Waals surface area contributed by atoms with Crippen LogP contribution < -0.4 is 5.32 Å². The fourth-order valence-corrected chi connectivity index (χ4v) is 1.82. The molecule has 0 aromatic carbocycles. The Morgan fingerprint density at radius 2 is 2.43 bits per heavy atom. The topological polar surface area (TPSA) is 24.9 Å². The van der Waals surface area contributed by atoms with Gasteiger partial charge in [-0.25, -0.2) is 9.37 Å². The molecule has 0 aliphatic rings. The highest BCUT2D eigenvalue weighted by Crippen LogP contribution is 2.10. The molecule has 1 aromatic rings. The molecule has 1 aromatic heterocycles. The summed E-state index contributed by atoms with van der Waals surface area (Å²) in [7, 11) is 0. The van der Waals surface area contributed by atoms with Crippen molar-refractivity contribution in [1.82, 2.24) is 4.98 Å². The highest BCUT2D eigenvalue weighted by molar-refractivity contribution is 7.98. The first kappa shape index (κ1) is 11.3. The first-order valence-corrected chi connectivity index (χ1v) is 5.96. The van der Waals surface area contributed by atoms with Crippen LogP contribution in [0.3, 0.4) is 0 Å². The lowest BCUT2D eigenvalue weighted by Gasteiger charge is -2.11. The van der Waals surface area contributed by atoms with Crippen LogP contribution in [-0.4, -0.2) is 23.5 Å². The third kappa shape index (κ3) is 3.54. The highest BCUT2D eigenvalue weighted by Gasteiger charge is 2.04. The normalized spacial score (nSPS) is 12.5. The van der Waals surface area contributed by atoms with Gasteiger partial charge in [0.05, 0.1) is 0 Å². The summed E-state index contributed by atoms with van der Waals surface area (Å²) in [5.41, 5.74) is 0. The smallest absolute Gasteiger partial charge is 0.165 e. The molecule has 1 N–H and O–H groups in total. The Kier molecular flexibility index (Phi) is 4.73. The van der Waals surface area contributed by atoms with Crippen molar-refractivity contribution in [2.75, 3.05) is 23.9 Å². The molecule has 1 heterocycles. The predicted octanol–water partition coefficient (Wildman–Crippen LogP) is 2.63. The number of nitrogens with zero attached hydrogens (tertiary/aromatic N) is 1. The number of rotatable bonds is 5. The Labute approximate surface area is 88.3 Å². The molecule has 0 aliphatic heterocycles. The van der Waals surface area contributed by atoms with Crippen molar-refractivity contribution in [1.29, 1.82) is 0 Å². The lowest BCUT2D eigenvalue weighted by atomic mass is 10.2. The van der Waals surface area contributed by atoms with E-state index in [2.05, 4.69) is 23.5 Å². The van der Waals surface area contributed by atoms with E-state index in [-0.39, 0.29) is 5.82 Å². The first-order chi connectivity index (χ1) is 6.74. The molecular formula is C10H15FN2S. The zero-order valence-electron chi connectivity index (χ0n) is 8.46. The Morgan fingerprint density at radius 3 is 3.07 bits per heavy atom. The molecule has 0 bridgehead atoms. The molecule has 0 spiro atoms. The second-order valence-electron chi connectivity index (χ2n) is 3.28. The van der Waals surface area contributed by atoms with Gasteiger partial charge in [0.1, 0.15) is 0 Å². The molecule has 1 unspecified atom stereocenters. The number of anilines is 1. The molecule has 0 radical (unpaired) electrons. The standard InChI is InChI=1S/C10H15FN2S/c1-8(7-14-2)6-13-10-9(11)4-3-5-12-10/h3-5,8H,6-7H2,1-2H3,(H,12,13). The van der Waals surface area contributed by atoms with E-state index in [0.717, 1.165) is 12.3 Å². The van der Waals surface area contributed by atoms with Gasteiger partial charge in [0.2, 0.25) is 0 Å². The van der Waals surface area contributed by atoms with Crippen LogP contribution in [-0.2, 0) is 0 Å². The molecule has 78 valence electrons. The average Bonchev–Trinajstić information content (AvgIpc) is 2.17. The van der Waals surface area contributed by atoms with E-state index in [9.17, 15) is 4.39 Å². The SMILES string of the molecule is CSCC(C)CNc1ncccc1F. The van der Waals surface area contributed by atoms with Gasteiger partial charge in [0, 0.05) is 12.7 Å². The second-order valence-corrected chi connectivity index (χ2v) is 4.19. The van der Waals surface area contributed by atoms with Crippen molar-refractivity contribution >= 4 is 17.6 Å². The maximum Gasteiger partial charge on any atom is 0.165 e. The van der Waals surface area contributed by atoms with Gasteiger partial charge in [-0.3, -0.25) is 0 Å². The van der Waals surface area contributed by atoms with Gasteiger partial charge < -0.3 is 5.32 Å². The lowest BCUT2D eigenvalue weighted by Crippen LogP contribution is -2.14. The van der Waals surface area contributed by atoms with Gasteiger partial charge in [-0.2, -0.15) is 11.8 Å². The molecule has 0 amide bonds. The summed E-state index contributed by atoms with van der Waals surface area (Å²) in [5, 5.41) is 3.00. The summed E-state index contributed by atoms with van der Waals surface area (Å²) in [5.74, 6) is 1.65. The van der Waals surface area contributed by atoms with Crippen molar-refractivity contribution in [3.63, 3.8) is 0 Å². The molecule has 1 atom stereocenters. The number of pyridine rings is 1. The monoisotopic (exact) mass is 214 g/mol. The summed E-state index contributed by atoms with van der Waals surface area (Å²) in [4.78, 5) is 3.92. The molecule has 0 saturated heterocycles. The Balaban J connectivity index is 2.41. The van der Waals surface area contributed by atoms with Crippen LogP contribution in [0.4, 0.5) is 10.2 Å². The van der Waals surface area contributed by atoms with Crippen LogP contribution in [0.2, 0.25) is 0 Å². The van der Waals surface area contributed by atoms with Crippen LogP contribution in [0.25, 0.3) is 0 Å². The molecule has 2 nitrogen and oxygen atoms in total. The van der Waals surface area contributed by atoms with E-state index in [0.29, 0.717) is 11.7 Å². The Bertz CT molecular complexity index is 281. The summed E-state index contributed by atoms with van der Waals surface area (Å²) in [6.45, 7) is 2.89. The second kappa shape index (κ2) is 5.86. The maximum atomic E-state index is 13.1. The number of hydrogen-bond acceptors (Lipinski definition) is 3. The van der Waals surface area contributed by atoms with E-state index in [1.807, 2.05) is 0 Å². The quantitative estimate of drug-likeness (QED) is 0.815. The van der Waals surface area contributed by atoms with Crippen LogP contribution in [0.15, 0.2) is 18.3 Å². The van der Waals surface area contributed by atoms with E-state index in [4.69, 9.17) is 0 Å². The fourth-order valence-electron chi connectivity index (χ4n) is 1.13. The molecular weight excluding hydrogens is 199 g/mol. The number of nitrogens with one attached hydrogen (secondary N) is 1. The third-order valence-electron chi connectivity index (χ3n) is 1.83. The first-order valence-electron chi connectivity index (χ1n) is 4.57. The zero-order valence-corrected chi connectivity index (χ0v) is 9.27. The molecule has 0 fully saturated rings. The summed E-state index contributed by atoms with van der Waals surface area (Å²) >= 11 is 1.79. The van der Waals surface area contributed by atoms with Crippen LogP contribution >= 0.6 is 11.8 Å². The van der Waals surface area contributed by atoms with Crippen molar-refractivity contribution in [2.24, 2.45) is 5.92 Å². The minimum absolute atomic E-state index is 0.288. The number of aromatic nitrogens is 1. The average molecular weight is 214 g/mol. The van der Waals surface area contributed by atoms with E-state index < -0.39 is 0 Å². The van der Waals surface area contributed by atoms with Gasteiger partial charge in [0.15, 0.2) is 11.6 Å². The van der Waals surface area contributed by atoms with E-state index in [1.54, 1.807) is 24.0 Å². The predicted molar refractivity (Wildman–Crippen MR) is 60.2 cm³/mol. The van der Waals surface area contributed by atoms with Crippen LogP contribution in [0.5, 0.6) is 0 Å². The summed E-state index contributed by atoms with van der Waals surface area (Å²) in [6.07, 6.45) is 3.66. The van der Waals surface area contributed by atoms with Gasteiger partial charge in [-0.15, -0.1) is 0 Å². The van der Waals surface area contributed by atoms with Crippen molar-refractivity contribution < 1.29 is 4.39 Å². The molecule has 0 saturated carbocycles.